The van der Waals surface area contributed by atoms with Gasteiger partial charge in [-0.2, -0.15) is 0 Å². The van der Waals surface area contributed by atoms with Crippen molar-refractivity contribution >= 4 is 17.9 Å². The minimum Gasteiger partial charge on any atom is -0.508 e. The summed E-state index contributed by atoms with van der Waals surface area (Å²) in [5, 5.41) is 13.2. The van der Waals surface area contributed by atoms with E-state index >= 15 is 0 Å². The van der Waals surface area contributed by atoms with E-state index in [1.807, 2.05) is 82.6 Å². The van der Waals surface area contributed by atoms with Crippen molar-refractivity contribution in [3.8, 4) is 22.6 Å². The largest absolute Gasteiger partial charge is 0.508 e. The van der Waals surface area contributed by atoms with Crippen molar-refractivity contribution in [1.29, 1.82) is 0 Å². The van der Waals surface area contributed by atoms with Crippen LogP contribution in [0.3, 0.4) is 0 Å². The van der Waals surface area contributed by atoms with Crippen LogP contribution >= 0.6 is 0 Å². The molecule has 4 aromatic carbocycles. The third kappa shape index (κ3) is 10.6. The number of carbonyl (C=O) groups is 2. The fourth-order valence-corrected chi connectivity index (χ4v) is 7.56. The Morgan fingerprint density at radius 2 is 1.50 bits per heavy atom. The average molecular weight is 700 g/mol. The Morgan fingerprint density at radius 3 is 2.21 bits per heavy atom. The molecule has 0 aliphatic carbocycles. The van der Waals surface area contributed by atoms with Crippen molar-refractivity contribution in [3.05, 3.63) is 125 Å². The molecular formula is C45H53N3O4. The highest BCUT2D eigenvalue weighted by Crippen LogP contribution is 2.28. The molecule has 2 heterocycles. The molecule has 0 bridgehead atoms. The number of carbonyl (C=O) groups excluding carboxylic acids is 2. The Kier molecular flexibility index (Phi) is 13.2. The first kappa shape index (κ1) is 36.9. The zero-order valence-corrected chi connectivity index (χ0v) is 30.5. The van der Waals surface area contributed by atoms with Crippen LogP contribution in [0.1, 0.15) is 72.0 Å². The van der Waals surface area contributed by atoms with Gasteiger partial charge in [-0.1, -0.05) is 73.9 Å². The molecule has 7 heteroatoms. The van der Waals surface area contributed by atoms with Gasteiger partial charge in [-0.05, 0) is 133 Å². The van der Waals surface area contributed by atoms with Gasteiger partial charge in [-0.3, -0.25) is 9.59 Å². The van der Waals surface area contributed by atoms with Crippen molar-refractivity contribution in [2.45, 2.75) is 57.9 Å². The Bertz CT molecular complexity index is 1770. The van der Waals surface area contributed by atoms with Crippen molar-refractivity contribution < 1.29 is 19.4 Å². The molecule has 272 valence electrons. The summed E-state index contributed by atoms with van der Waals surface area (Å²) in [6.07, 6.45) is 12.9. The Hall–Kier alpha value is -4.88. The van der Waals surface area contributed by atoms with Gasteiger partial charge in [0.25, 0.3) is 5.91 Å². The van der Waals surface area contributed by atoms with Crippen LogP contribution in [-0.4, -0.2) is 66.6 Å². The molecule has 2 aliphatic heterocycles. The molecule has 0 atom stereocenters. The molecule has 7 nitrogen and oxygen atoms in total. The quantitative estimate of drug-likeness (QED) is 0.129. The zero-order valence-electron chi connectivity index (χ0n) is 30.5. The molecule has 0 radical (unpaired) electrons. The van der Waals surface area contributed by atoms with Gasteiger partial charge in [-0.15, -0.1) is 0 Å². The molecule has 6 rings (SSSR count). The average Bonchev–Trinajstić information content (AvgIpc) is 3.20. The lowest BCUT2D eigenvalue weighted by atomic mass is 9.87. The van der Waals surface area contributed by atoms with Gasteiger partial charge in [0.2, 0.25) is 5.91 Å². The van der Waals surface area contributed by atoms with Crippen LogP contribution in [0.5, 0.6) is 11.5 Å². The summed E-state index contributed by atoms with van der Waals surface area (Å²) in [7, 11) is 1.63. The number of methoxy groups -OCH3 is 1. The first-order valence-corrected chi connectivity index (χ1v) is 19.0. The maximum atomic E-state index is 13.7. The van der Waals surface area contributed by atoms with Crippen LogP contribution in [0.2, 0.25) is 0 Å². The molecule has 52 heavy (non-hydrogen) atoms. The highest BCUT2D eigenvalue weighted by molar-refractivity contribution is 5.95. The van der Waals surface area contributed by atoms with Crippen molar-refractivity contribution in [3.63, 3.8) is 0 Å². The molecule has 2 amide bonds. The third-order valence-corrected chi connectivity index (χ3v) is 10.8. The van der Waals surface area contributed by atoms with E-state index in [2.05, 4.69) is 23.5 Å². The van der Waals surface area contributed by atoms with Crippen molar-refractivity contribution in [2.75, 3.05) is 39.8 Å². The summed E-state index contributed by atoms with van der Waals surface area (Å²) < 4.78 is 5.26. The molecule has 4 aromatic rings. The van der Waals surface area contributed by atoms with E-state index in [0.29, 0.717) is 19.5 Å². The van der Waals surface area contributed by atoms with Gasteiger partial charge in [0.1, 0.15) is 11.5 Å². The van der Waals surface area contributed by atoms with Gasteiger partial charge < -0.3 is 25.0 Å². The molecule has 0 unspecified atom stereocenters. The number of aromatic hydroxyl groups is 1. The van der Waals surface area contributed by atoms with Crippen LogP contribution in [0.25, 0.3) is 17.2 Å². The molecule has 0 spiro atoms. The minimum absolute atomic E-state index is 0.0851. The number of piperidine rings is 2. The number of benzene rings is 4. The number of likely N-dealkylation sites (tertiary alicyclic amines) is 1. The monoisotopic (exact) mass is 699 g/mol. The number of amides is 2. The fourth-order valence-electron chi connectivity index (χ4n) is 7.56. The summed E-state index contributed by atoms with van der Waals surface area (Å²) in [5.41, 5.74) is 5.69. The first-order valence-electron chi connectivity index (χ1n) is 19.0. The van der Waals surface area contributed by atoms with E-state index in [1.165, 1.54) is 45.2 Å². The van der Waals surface area contributed by atoms with Crippen molar-refractivity contribution in [1.82, 2.24) is 15.1 Å². The lowest BCUT2D eigenvalue weighted by molar-refractivity contribution is -0.126. The number of hydrogen-bond acceptors (Lipinski definition) is 5. The molecule has 0 aromatic heterocycles. The molecule has 2 aliphatic rings. The smallest absolute Gasteiger partial charge is 0.253 e. The molecule has 0 saturated carbocycles. The van der Waals surface area contributed by atoms with Crippen LogP contribution in [0.15, 0.2) is 103 Å². The first-order chi connectivity index (χ1) is 25.4. The lowest BCUT2D eigenvalue weighted by Crippen LogP contribution is -2.38. The highest BCUT2D eigenvalue weighted by atomic mass is 16.5. The van der Waals surface area contributed by atoms with Crippen LogP contribution < -0.4 is 10.1 Å². The van der Waals surface area contributed by atoms with Gasteiger partial charge in [0.05, 0.1) is 7.11 Å². The van der Waals surface area contributed by atoms with Crippen molar-refractivity contribution in [2.24, 2.45) is 11.8 Å². The highest BCUT2D eigenvalue weighted by Gasteiger charge is 2.24. The van der Waals surface area contributed by atoms with Crippen LogP contribution in [0, 0.1) is 11.8 Å². The summed E-state index contributed by atoms with van der Waals surface area (Å²) in [4.78, 5) is 31.2. The predicted molar refractivity (Wildman–Crippen MR) is 209 cm³/mol. The summed E-state index contributed by atoms with van der Waals surface area (Å²) in [5.74, 6) is 2.63. The normalized spacial score (nSPS) is 15.5. The number of hydrogen-bond donors (Lipinski definition) is 2. The molecule has 2 N–H and O–H groups in total. The van der Waals surface area contributed by atoms with E-state index in [0.717, 1.165) is 76.9 Å². The van der Waals surface area contributed by atoms with Crippen LogP contribution in [0.4, 0.5) is 0 Å². The molecule has 2 saturated heterocycles. The van der Waals surface area contributed by atoms with E-state index in [-0.39, 0.29) is 17.6 Å². The van der Waals surface area contributed by atoms with E-state index in [9.17, 15) is 14.7 Å². The number of nitrogens with one attached hydrogen (secondary N) is 1. The lowest BCUT2D eigenvalue weighted by Gasteiger charge is -2.32. The fraction of sp³-hybridized carbons (Fsp3) is 0.378. The second-order valence-corrected chi connectivity index (χ2v) is 14.4. The van der Waals surface area contributed by atoms with Gasteiger partial charge in [0.15, 0.2) is 0 Å². The number of nitrogens with zero attached hydrogens (tertiary/aromatic N) is 2. The van der Waals surface area contributed by atoms with E-state index in [1.54, 1.807) is 25.3 Å². The van der Waals surface area contributed by atoms with Gasteiger partial charge >= 0.3 is 0 Å². The SMILES string of the molecule is COc1ccc(C=CC(=O)N(CCc2ccc(O)cc2)Cc2cccc(-c3cccc(C(=O)N4CCC(CCCC5CCNCC5)CC4)c3)c2)cc1. The van der Waals surface area contributed by atoms with E-state index < -0.39 is 0 Å². The topological polar surface area (TPSA) is 82.1 Å². The number of phenolic OH excluding ortho intramolecular Hbond substituents is 1. The summed E-state index contributed by atoms with van der Waals surface area (Å²) in [6.45, 7) is 4.95. The third-order valence-electron chi connectivity index (χ3n) is 10.8. The number of ether oxygens (including phenoxy) is 1. The predicted octanol–water partition coefficient (Wildman–Crippen LogP) is 8.37. The Balaban J connectivity index is 1.09. The number of rotatable bonds is 14. The summed E-state index contributed by atoms with van der Waals surface area (Å²) in [6, 6.07) is 30.9. The molecule has 2 fully saturated rings. The zero-order chi connectivity index (χ0) is 36.1. The second kappa shape index (κ2) is 18.6. The van der Waals surface area contributed by atoms with E-state index in [4.69, 9.17) is 4.74 Å². The second-order valence-electron chi connectivity index (χ2n) is 14.4. The Morgan fingerprint density at radius 1 is 0.827 bits per heavy atom. The maximum Gasteiger partial charge on any atom is 0.253 e. The van der Waals surface area contributed by atoms with Gasteiger partial charge in [-0.25, -0.2) is 0 Å². The maximum absolute atomic E-state index is 13.7. The molecular weight excluding hydrogens is 647 g/mol. The standard InChI is InChI=1S/C45H53N3O4/c1-52-43-18-13-36(14-19-43)15-20-44(50)48(30-25-37-11-16-42(49)17-12-37)33-38-7-3-8-39(31-38)40-9-4-10-41(32-40)45(51)47-28-23-35(24-29-47)6-2-5-34-21-26-46-27-22-34/h3-4,7-20,31-32,34-35,46,49H,2,5-6,21-30,33H2,1H3. The van der Waals surface area contributed by atoms with Gasteiger partial charge in [0, 0.05) is 37.8 Å². The summed E-state index contributed by atoms with van der Waals surface area (Å²) >= 11 is 0. The Labute approximate surface area is 309 Å². The van der Waals surface area contributed by atoms with Crippen LogP contribution in [-0.2, 0) is 17.8 Å². The number of phenols is 1. The minimum atomic E-state index is -0.0851.